The number of ether oxygens (including phenoxy) is 1. The van der Waals surface area contributed by atoms with Crippen LogP contribution in [0.4, 0.5) is 23.2 Å². The maximum Gasteiger partial charge on any atom is 0.416 e. The number of carbonyl (C=O) groups is 1. The first kappa shape index (κ1) is 34.5. The van der Waals surface area contributed by atoms with Crippen molar-refractivity contribution in [3.8, 4) is 0 Å². The number of anilines is 1. The van der Waals surface area contributed by atoms with Crippen LogP contribution in [0.1, 0.15) is 44.5 Å². The zero-order valence-electron chi connectivity index (χ0n) is 27.6. The van der Waals surface area contributed by atoms with Crippen LogP contribution in [-0.4, -0.2) is 118 Å². The molecule has 2 saturated heterocycles. The Bertz CT molecular complexity index is 1710. The predicted molar refractivity (Wildman–Crippen MR) is 171 cm³/mol. The summed E-state index contributed by atoms with van der Waals surface area (Å²) in [5, 5.41) is 17.6. The number of nitrogens with one attached hydrogen (secondary N) is 1. The molecule has 1 aromatic carbocycles. The SMILES string of the molecule is C[C@@H]1CN(CC(=O)N2CC(C)(C)c3c2cc(Cc2ccc(F)cc2)c2nn(CC(O)C(F)(F)F)c(=O)n32)[C@@H](CN2CCOC[C@H]2C)CN1. The molecule has 0 saturated carbocycles. The van der Waals surface area contributed by atoms with E-state index in [1.807, 2.05) is 13.8 Å². The van der Waals surface area contributed by atoms with Gasteiger partial charge in [0.05, 0.1) is 37.7 Å². The highest BCUT2D eigenvalue weighted by Crippen LogP contribution is 2.42. The van der Waals surface area contributed by atoms with E-state index in [9.17, 15) is 32.3 Å². The Hall–Kier alpha value is -3.37. The third kappa shape index (κ3) is 6.88. The molecule has 5 heterocycles. The molecule has 262 valence electrons. The fourth-order valence-corrected chi connectivity index (χ4v) is 7.17. The number of fused-ring (bicyclic) bond motifs is 3. The first-order valence-corrected chi connectivity index (χ1v) is 16.4. The summed E-state index contributed by atoms with van der Waals surface area (Å²) in [4.78, 5) is 34.3. The van der Waals surface area contributed by atoms with Crippen molar-refractivity contribution in [2.75, 3.05) is 57.4 Å². The van der Waals surface area contributed by atoms with Gasteiger partial charge in [0.15, 0.2) is 11.8 Å². The van der Waals surface area contributed by atoms with Gasteiger partial charge in [-0.25, -0.2) is 18.3 Å². The van der Waals surface area contributed by atoms with Gasteiger partial charge in [-0.05, 0) is 37.6 Å². The Morgan fingerprint density at radius 3 is 2.60 bits per heavy atom. The molecule has 1 unspecified atom stereocenters. The van der Waals surface area contributed by atoms with Crippen LogP contribution in [0.15, 0.2) is 35.1 Å². The number of alkyl halides is 3. The molecule has 0 spiro atoms. The summed E-state index contributed by atoms with van der Waals surface area (Å²) in [6.45, 7) is 11.6. The monoisotopic (exact) mass is 677 g/mol. The highest BCUT2D eigenvalue weighted by Gasteiger charge is 2.44. The van der Waals surface area contributed by atoms with Crippen molar-refractivity contribution in [1.29, 1.82) is 0 Å². The van der Waals surface area contributed by atoms with Crippen LogP contribution in [0, 0.1) is 5.82 Å². The highest BCUT2D eigenvalue weighted by atomic mass is 19.4. The van der Waals surface area contributed by atoms with Crippen LogP contribution in [0.25, 0.3) is 5.65 Å². The molecular weight excluding hydrogens is 634 g/mol. The fraction of sp³-hybridized carbons (Fsp3) is 0.606. The van der Waals surface area contributed by atoms with E-state index < -0.39 is 35.7 Å². The number of rotatable bonds is 8. The van der Waals surface area contributed by atoms with Gasteiger partial charge >= 0.3 is 11.9 Å². The lowest BCUT2D eigenvalue weighted by molar-refractivity contribution is -0.208. The Balaban J connectivity index is 1.38. The van der Waals surface area contributed by atoms with Crippen LogP contribution in [0.3, 0.4) is 0 Å². The summed E-state index contributed by atoms with van der Waals surface area (Å²) in [6, 6.07) is 8.04. The van der Waals surface area contributed by atoms with Gasteiger partial charge in [0.1, 0.15) is 5.82 Å². The Kier molecular flexibility index (Phi) is 9.45. The first-order chi connectivity index (χ1) is 22.6. The normalized spacial score (nSPS) is 24.3. The number of pyridine rings is 1. The van der Waals surface area contributed by atoms with Gasteiger partial charge in [-0.15, -0.1) is 5.10 Å². The molecule has 11 nitrogen and oxygen atoms in total. The number of aliphatic hydroxyl groups is 1. The number of piperazine rings is 1. The number of aliphatic hydroxyl groups excluding tert-OH is 1. The smallest absolute Gasteiger partial charge is 0.382 e. The lowest BCUT2D eigenvalue weighted by Gasteiger charge is -2.43. The van der Waals surface area contributed by atoms with E-state index in [1.54, 1.807) is 23.1 Å². The van der Waals surface area contributed by atoms with Gasteiger partial charge in [0.25, 0.3) is 0 Å². The topological polar surface area (TPSA) is 108 Å². The zero-order chi connectivity index (χ0) is 34.5. The molecule has 48 heavy (non-hydrogen) atoms. The van der Waals surface area contributed by atoms with Crippen LogP contribution < -0.4 is 15.9 Å². The molecule has 6 rings (SSSR count). The van der Waals surface area contributed by atoms with Crippen molar-refractivity contribution in [2.45, 2.75) is 76.5 Å². The number of amides is 1. The average molecular weight is 678 g/mol. The van der Waals surface area contributed by atoms with E-state index in [1.165, 1.54) is 16.5 Å². The number of halogens is 4. The van der Waals surface area contributed by atoms with Crippen LogP contribution >= 0.6 is 0 Å². The summed E-state index contributed by atoms with van der Waals surface area (Å²) in [6.07, 6.45) is -7.57. The number of hydrogen-bond acceptors (Lipinski definition) is 8. The molecular formula is C33H43F4N7O4. The molecule has 15 heteroatoms. The molecule has 0 radical (unpaired) electrons. The molecule has 4 atom stereocenters. The second-order valence-electron chi connectivity index (χ2n) is 14.1. The van der Waals surface area contributed by atoms with Gasteiger partial charge < -0.3 is 20.1 Å². The summed E-state index contributed by atoms with van der Waals surface area (Å²) in [7, 11) is 0. The lowest BCUT2D eigenvalue weighted by Crippen LogP contribution is -2.62. The minimum atomic E-state index is -4.95. The molecule has 0 aliphatic carbocycles. The van der Waals surface area contributed by atoms with E-state index >= 15 is 0 Å². The second kappa shape index (κ2) is 13.2. The molecule has 3 aliphatic heterocycles. The van der Waals surface area contributed by atoms with Crippen molar-refractivity contribution >= 4 is 17.2 Å². The van der Waals surface area contributed by atoms with Crippen molar-refractivity contribution in [3.63, 3.8) is 0 Å². The molecule has 1 amide bonds. The molecule has 2 fully saturated rings. The average Bonchev–Trinajstić information content (AvgIpc) is 3.48. The van der Waals surface area contributed by atoms with Gasteiger partial charge in [-0.2, -0.15) is 13.2 Å². The Morgan fingerprint density at radius 2 is 1.92 bits per heavy atom. The Morgan fingerprint density at radius 1 is 1.19 bits per heavy atom. The van der Waals surface area contributed by atoms with E-state index in [0.29, 0.717) is 46.9 Å². The molecule has 0 bridgehead atoms. The van der Waals surface area contributed by atoms with Crippen LogP contribution in [0.2, 0.25) is 0 Å². The third-order valence-corrected chi connectivity index (χ3v) is 9.74. The standard InChI is InChI=1S/C33H43F4N7O4/c1-20-14-41(25(13-38-20)15-40-9-10-48-18-21(40)2)17-28(46)42-19-32(3,4)29-26(42)12-23(11-22-5-7-24(34)8-6-22)30-39-43(31(47)44(29)30)16-27(45)33(35,36)37/h5-8,12,20-21,25,27,38,45H,9-11,13-19H2,1-4H3/t20-,21-,25-,27?/m1/s1. The van der Waals surface area contributed by atoms with Crippen LogP contribution in [0.5, 0.6) is 0 Å². The number of nitrogens with zero attached hydrogens (tertiary/aromatic N) is 6. The van der Waals surface area contributed by atoms with Gasteiger partial charge in [0.2, 0.25) is 5.91 Å². The number of aromatic nitrogens is 3. The van der Waals surface area contributed by atoms with Crippen molar-refractivity contribution in [3.05, 3.63) is 63.5 Å². The fourth-order valence-electron chi connectivity index (χ4n) is 7.17. The zero-order valence-corrected chi connectivity index (χ0v) is 27.6. The van der Waals surface area contributed by atoms with Gasteiger partial charge in [0, 0.05) is 68.2 Å². The minimum absolute atomic E-state index is 0.0817. The van der Waals surface area contributed by atoms with E-state index in [0.717, 1.165) is 19.6 Å². The lowest BCUT2D eigenvalue weighted by atomic mass is 9.90. The van der Waals surface area contributed by atoms with Crippen molar-refractivity contribution in [2.24, 2.45) is 0 Å². The maximum atomic E-state index is 14.3. The second-order valence-corrected chi connectivity index (χ2v) is 14.1. The summed E-state index contributed by atoms with van der Waals surface area (Å²) in [5.74, 6) is -0.586. The van der Waals surface area contributed by atoms with Crippen LogP contribution in [-0.2, 0) is 27.9 Å². The van der Waals surface area contributed by atoms with E-state index in [4.69, 9.17) is 4.74 Å². The maximum absolute atomic E-state index is 14.3. The number of carbonyl (C=O) groups excluding carboxylic acids is 1. The molecule has 3 aliphatic rings. The van der Waals surface area contributed by atoms with E-state index in [2.05, 4.69) is 34.1 Å². The third-order valence-electron chi connectivity index (χ3n) is 9.74. The number of benzene rings is 1. The minimum Gasteiger partial charge on any atom is -0.382 e. The van der Waals surface area contributed by atoms with E-state index in [-0.39, 0.29) is 49.2 Å². The van der Waals surface area contributed by atoms with Crippen molar-refractivity contribution in [1.82, 2.24) is 29.3 Å². The number of hydrogen-bond donors (Lipinski definition) is 2. The van der Waals surface area contributed by atoms with Gasteiger partial charge in [-0.1, -0.05) is 26.0 Å². The summed E-state index contributed by atoms with van der Waals surface area (Å²) < 4.78 is 61.2. The van der Waals surface area contributed by atoms with Gasteiger partial charge in [-0.3, -0.25) is 14.6 Å². The molecule has 2 N–H and O–H groups in total. The summed E-state index contributed by atoms with van der Waals surface area (Å²) >= 11 is 0. The number of morpholine rings is 1. The molecule has 3 aromatic rings. The largest absolute Gasteiger partial charge is 0.416 e. The molecule has 2 aromatic heterocycles. The highest BCUT2D eigenvalue weighted by molar-refractivity contribution is 5.97. The van der Waals surface area contributed by atoms with Crippen molar-refractivity contribution < 1.29 is 32.2 Å². The summed E-state index contributed by atoms with van der Waals surface area (Å²) in [5.41, 5.74) is 0.605. The first-order valence-electron chi connectivity index (χ1n) is 16.4. The Labute approximate surface area is 276 Å². The predicted octanol–water partition coefficient (Wildman–Crippen LogP) is 2.16. The quantitative estimate of drug-likeness (QED) is 0.350.